The first kappa shape index (κ1) is 18.8. The fourth-order valence-corrected chi connectivity index (χ4v) is 3.43. The summed E-state index contributed by atoms with van der Waals surface area (Å²) in [5.74, 6) is -1.94. The Labute approximate surface area is 155 Å². The van der Waals surface area contributed by atoms with E-state index >= 15 is 0 Å². The molecule has 1 aromatic carbocycles. The molecule has 4 amide bonds. The number of ether oxygens (including phenoxy) is 1. The molecule has 1 atom stereocenters. The summed E-state index contributed by atoms with van der Waals surface area (Å²) in [5.41, 5.74) is -1.41. The number of rotatable bonds is 5. The Morgan fingerprint density at radius 3 is 2.56 bits per heavy atom. The smallest absolute Gasteiger partial charge is 0.322 e. The van der Waals surface area contributed by atoms with Crippen LogP contribution in [-0.2, 0) is 19.9 Å². The normalized spacial score (nSPS) is 24.0. The Bertz CT molecular complexity index is 802. The largest absolute Gasteiger partial charge is 0.481 e. The average molecular weight is 375 g/mol. The topological polar surface area (TPSA) is 134 Å². The Hall–Kier alpha value is -2.94. The van der Waals surface area contributed by atoms with E-state index in [0.29, 0.717) is 31.6 Å². The van der Waals surface area contributed by atoms with Crippen LogP contribution in [0.2, 0.25) is 0 Å². The SMILES string of the molecule is CC1(c2cccc(C(=O)NC3(CC(=O)O)CCOCC3)c2)NC(=O)NC1=O. The third-order valence-electron chi connectivity index (χ3n) is 5.07. The van der Waals surface area contributed by atoms with Crippen molar-refractivity contribution >= 4 is 23.8 Å². The van der Waals surface area contributed by atoms with Crippen LogP contribution in [0, 0.1) is 0 Å². The van der Waals surface area contributed by atoms with Crippen molar-refractivity contribution in [2.24, 2.45) is 0 Å². The molecule has 2 heterocycles. The van der Waals surface area contributed by atoms with E-state index in [1.807, 2.05) is 0 Å². The van der Waals surface area contributed by atoms with Gasteiger partial charge in [-0.1, -0.05) is 12.1 Å². The van der Waals surface area contributed by atoms with Gasteiger partial charge in [0.1, 0.15) is 5.54 Å². The second kappa shape index (κ2) is 6.99. The minimum Gasteiger partial charge on any atom is -0.481 e. The molecule has 27 heavy (non-hydrogen) atoms. The zero-order chi connectivity index (χ0) is 19.7. The third kappa shape index (κ3) is 3.77. The van der Waals surface area contributed by atoms with Crippen molar-refractivity contribution in [1.29, 1.82) is 0 Å². The first-order valence-electron chi connectivity index (χ1n) is 8.60. The first-order valence-corrected chi connectivity index (χ1v) is 8.60. The molecule has 2 fully saturated rings. The van der Waals surface area contributed by atoms with Gasteiger partial charge in [-0.15, -0.1) is 0 Å². The van der Waals surface area contributed by atoms with Gasteiger partial charge in [-0.25, -0.2) is 4.79 Å². The molecule has 0 spiro atoms. The molecule has 144 valence electrons. The van der Waals surface area contributed by atoms with Crippen molar-refractivity contribution in [2.75, 3.05) is 13.2 Å². The second-order valence-corrected chi connectivity index (χ2v) is 7.03. The van der Waals surface area contributed by atoms with Crippen molar-refractivity contribution in [3.05, 3.63) is 35.4 Å². The number of hydrogen-bond acceptors (Lipinski definition) is 5. The van der Waals surface area contributed by atoms with E-state index in [4.69, 9.17) is 4.74 Å². The van der Waals surface area contributed by atoms with Gasteiger partial charge in [0.25, 0.3) is 11.8 Å². The Morgan fingerprint density at radius 1 is 1.26 bits per heavy atom. The molecule has 2 aliphatic heterocycles. The van der Waals surface area contributed by atoms with Gasteiger partial charge >= 0.3 is 12.0 Å². The first-order chi connectivity index (χ1) is 12.7. The molecule has 0 radical (unpaired) electrons. The van der Waals surface area contributed by atoms with E-state index < -0.39 is 34.9 Å². The van der Waals surface area contributed by atoms with Crippen LogP contribution in [0.25, 0.3) is 0 Å². The quantitative estimate of drug-likeness (QED) is 0.554. The molecule has 9 heteroatoms. The number of aliphatic carboxylic acids is 1. The minimum absolute atomic E-state index is 0.196. The lowest BCUT2D eigenvalue weighted by molar-refractivity contribution is -0.139. The number of urea groups is 1. The molecular weight excluding hydrogens is 354 g/mol. The van der Waals surface area contributed by atoms with Gasteiger partial charge in [-0.3, -0.25) is 19.7 Å². The van der Waals surface area contributed by atoms with Gasteiger partial charge < -0.3 is 20.5 Å². The zero-order valence-electron chi connectivity index (χ0n) is 14.8. The highest BCUT2D eigenvalue weighted by atomic mass is 16.5. The van der Waals surface area contributed by atoms with Crippen LogP contribution in [0.3, 0.4) is 0 Å². The Morgan fingerprint density at radius 2 is 1.96 bits per heavy atom. The van der Waals surface area contributed by atoms with Crippen molar-refractivity contribution in [3.8, 4) is 0 Å². The summed E-state index contributed by atoms with van der Waals surface area (Å²) < 4.78 is 5.29. The van der Waals surface area contributed by atoms with Crippen molar-refractivity contribution < 1.29 is 29.0 Å². The average Bonchev–Trinajstić information content (AvgIpc) is 2.88. The van der Waals surface area contributed by atoms with Crippen LogP contribution in [-0.4, -0.2) is 47.7 Å². The maximum Gasteiger partial charge on any atom is 0.322 e. The molecule has 0 aliphatic carbocycles. The van der Waals surface area contributed by atoms with Gasteiger partial charge in [0, 0.05) is 18.8 Å². The van der Waals surface area contributed by atoms with Crippen LogP contribution >= 0.6 is 0 Å². The molecule has 9 nitrogen and oxygen atoms in total. The number of nitrogens with one attached hydrogen (secondary N) is 3. The van der Waals surface area contributed by atoms with Crippen LogP contribution < -0.4 is 16.0 Å². The van der Waals surface area contributed by atoms with Gasteiger partial charge in [-0.05, 0) is 37.5 Å². The Kier molecular flexibility index (Phi) is 4.88. The van der Waals surface area contributed by atoms with Crippen LogP contribution in [0.15, 0.2) is 24.3 Å². The predicted molar refractivity (Wildman–Crippen MR) is 93.0 cm³/mol. The van der Waals surface area contributed by atoms with Gasteiger partial charge in [0.2, 0.25) is 0 Å². The standard InChI is InChI=1S/C18H21N3O6/c1-17(15(25)19-16(26)21-17)12-4-2-3-11(9-12)14(24)20-18(10-13(22)23)5-7-27-8-6-18/h2-4,9H,5-8,10H2,1H3,(H,20,24)(H,22,23)(H2,19,21,25,26). The highest BCUT2D eigenvalue weighted by molar-refractivity contribution is 6.07. The lowest BCUT2D eigenvalue weighted by atomic mass is 9.86. The van der Waals surface area contributed by atoms with Crippen LogP contribution in [0.1, 0.15) is 42.1 Å². The summed E-state index contributed by atoms with van der Waals surface area (Å²) in [5, 5.41) is 16.8. The van der Waals surface area contributed by atoms with E-state index in [-0.39, 0.29) is 12.0 Å². The summed E-state index contributed by atoms with van der Waals surface area (Å²) >= 11 is 0. The molecule has 0 aromatic heterocycles. The number of benzene rings is 1. The maximum absolute atomic E-state index is 12.8. The number of carbonyl (C=O) groups excluding carboxylic acids is 3. The Balaban J connectivity index is 1.84. The number of imide groups is 1. The van der Waals surface area contributed by atoms with E-state index in [0.717, 1.165) is 0 Å². The molecule has 1 unspecified atom stereocenters. The van der Waals surface area contributed by atoms with Crippen molar-refractivity contribution in [1.82, 2.24) is 16.0 Å². The number of carboxylic acids is 1. The number of carbonyl (C=O) groups is 4. The summed E-state index contributed by atoms with van der Waals surface area (Å²) in [6.07, 6.45) is 0.611. The lowest BCUT2D eigenvalue weighted by Gasteiger charge is -2.37. The van der Waals surface area contributed by atoms with E-state index in [1.165, 1.54) is 6.07 Å². The summed E-state index contributed by atoms with van der Waals surface area (Å²) in [6, 6.07) is 5.75. The predicted octanol–water partition coefficient (Wildman–Crippen LogP) is 0.495. The molecule has 2 saturated heterocycles. The van der Waals surface area contributed by atoms with E-state index in [1.54, 1.807) is 25.1 Å². The fourth-order valence-electron chi connectivity index (χ4n) is 3.43. The highest BCUT2D eigenvalue weighted by Crippen LogP contribution is 2.27. The monoisotopic (exact) mass is 375 g/mol. The van der Waals surface area contributed by atoms with Crippen LogP contribution in [0.5, 0.6) is 0 Å². The molecular formula is C18H21N3O6. The fraction of sp³-hybridized carbons (Fsp3) is 0.444. The van der Waals surface area contributed by atoms with E-state index in [9.17, 15) is 24.3 Å². The highest BCUT2D eigenvalue weighted by Gasteiger charge is 2.44. The molecule has 0 saturated carbocycles. The summed E-state index contributed by atoms with van der Waals surface area (Å²) in [7, 11) is 0. The zero-order valence-corrected chi connectivity index (χ0v) is 14.8. The van der Waals surface area contributed by atoms with Crippen LogP contribution in [0.4, 0.5) is 4.79 Å². The van der Waals surface area contributed by atoms with Gasteiger partial charge in [0.05, 0.1) is 12.0 Å². The summed E-state index contributed by atoms with van der Waals surface area (Å²) in [4.78, 5) is 47.6. The molecule has 0 bridgehead atoms. The molecule has 3 rings (SSSR count). The number of carboxylic acid groups (broad SMARTS) is 1. The van der Waals surface area contributed by atoms with Gasteiger partial charge in [0.15, 0.2) is 0 Å². The number of amides is 4. The van der Waals surface area contributed by atoms with E-state index in [2.05, 4.69) is 16.0 Å². The van der Waals surface area contributed by atoms with Crippen molar-refractivity contribution in [2.45, 2.75) is 37.3 Å². The minimum atomic E-state index is -1.27. The molecule has 2 aliphatic rings. The van der Waals surface area contributed by atoms with Gasteiger partial charge in [-0.2, -0.15) is 0 Å². The molecule has 1 aromatic rings. The lowest BCUT2D eigenvalue weighted by Crippen LogP contribution is -2.53. The summed E-state index contributed by atoms with van der Waals surface area (Å²) in [6.45, 7) is 2.30. The number of hydrogen-bond donors (Lipinski definition) is 4. The second-order valence-electron chi connectivity index (χ2n) is 7.03. The maximum atomic E-state index is 12.8. The third-order valence-corrected chi connectivity index (χ3v) is 5.07. The van der Waals surface area contributed by atoms with Crippen molar-refractivity contribution in [3.63, 3.8) is 0 Å². The molecule has 4 N–H and O–H groups in total.